The van der Waals surface area contributed by atoms with Crippen molar-refractivity contribution in [2.24, 2.45) is 0 Å². The lowest BCUT2D eigenvalue weighted by atomic mass is 10.1. The van der Waals surface area contributed by atoms with E-state index in [1.54, 1.807) is 0 Å². The lowest BCUT2D eigenvalue weighted by molar-refractivity contribution is -0.889. The van der Waals surface area contributed by atoms with Crippen LogP contribution < -0.4 is 5.11 Å². The minimum Gasteiger partial charge on any atom is -0.544 e. The summed E-state index contributed by atoms with van der Waals surface area (Å²) in [7, 11) is 2.68. The third-order valence-corrected chi connectivity index (χ3v) is 2.34. The molecule has 0 aliphatic rings. The largest absolute Gasteiger partial charge is 0.544 e. The summed E-state index contributed by atoms with van der Waals surface area (Å²) in [6, 6.07) is -1.20. The van der Waals surface area contributed by atoms with Gasteiger partial charge in [-0.05, 0) is 12.2 Å². The van der Waals surface area contributed by atoms with Crippen molar-refractivity contribution in [1.29, 1.82) is 0 Å². The monoisotopic (exact) mass is 232 g/mol. The molecule has 1 rings (SSSR count). The Morgan fingerprint density at radius 1 is 1.80 bits per heavy atom. The molecule has 84 valence electrons. The van der Waals surface area contributed by atoms with E-state index < -0.39 is 23.5 Å². The second kappa shape index (κ2) is 4.16. The SMILES string of the molecule is [2H]C([2H])([2H])[N+](C)(C)[C@@H](Cc1c[nH]c(=S)[nH]1)C(=O)[O-]. The van der Waals surface area contributed by atoms with E-state index in [-0.39, 0.29) is 6.42 Å². The molecule has 1 aromatic heterocycles. The Kier molecular flexibility index (Phi) is 2.23. The molecule has 0 aliphatic carbocycles. The lowest BCUT2D eigenvalue weighted by Crippen LogP contribution is -2.55. The lowest BCUT2D eigenvalue weighted by Gasteiger charge is -2.34. The Balaban J connectivity index is 3.04. The summed E-state index contributed by atoms with van der Waals surface area (Å²) in [5, 5.41) is 11.2. The number of aromatic amines is 2. The second-order valence-electron chi connectivity index (χ2n) is 3.85. The van der Waals surface area contributed by atoms with Crippen molar-refractivity contribution in [3.8, 4) is 0 Å². The highest BCUT2D eigenvalue weighted by atomic mass is 32.1. The molecule has 0 fully saturated rings. The summed E-state index contributed by atoms with van der Waals surface area (Å²) >= 11 is 4.83. The fourth-order valence-corrected chi connectivity index (χ4v) is 1.45. The summed E-state index contributed by atoms with van der Waals surface area (Å²) < 4.78 is 21.9. The first kappa shape index (κ1) is 8.06. The van der Waals surface area contributed by atoms with Gasteiger partial charge in [0.25, 0.3) is 0 Å². The van der Waals surface area contributed by atoms with Crippen molar-refractivity contribution in [2.45, 2.75) is 12.5 Å². The maximum Gasteiger partial charge on any atom is 0.174 e. The predicted molar refractivity (Wildman–Crippen MR) is 56.5 cm³/mol. The average Bonchev–Trinajstić information content (AvgIpc) is 2.58. The van der Waals surface area contributed by atoms with Gasteiger partial charge >= 0.3 is 0 Å². The van der Waals surface area contributed by atoms with Crippen LogP contribution >= 0.6 is 12.2 Å². The fraction of sp³-hybridized carbons (Fsp3) is 0.556. The number of aliphatic carboxylic acids is 1. The third kappa shape index (κ3) is 3.17. The molecule has 15 heavy (non-hydrogen) atoms. The van der Waals surface area contributed by atoms with Gasteiger partial charge in [-0.3, -0.25) is 0 Å². The van der Waals surface area contributed by atoms with Gasteiger partial charge in [0.1, 0.15) is 6.04 Å². The standard InChI is InChI=1S/C9H15N3O2S/c1-12(2,3)7(8(13)14)4-6-5-10-9(15)11-6/h5,7H,4H2,1-3H3,(H2-,10,11,13,14,15)/t7-/m0/s1/i1D3. The van der Waals surface area contributed by atoms with Crippen LogP contribution in [0.3, 0.4) is 0 Å². The Hall–Kier alpha value is -1.14. The van der Waals surface area contributed by atoms with Crippen molar-refractivity contribution in [1.82, 2.24) is 9.97 Å². The number of quaternary nitrogens is 1. The van der Waals surface area contributed by atoms with E-state index in [1.807, 2.05) is 0 Å². The third-order valence-electron chi connectivity index (χ3n) is 2.12. The molecular weight excluding hydrogens is 214 g/mol. The van der Waals surface area contributed by atoms with Crippen molar-refractivity contribution < 1.29 is 18.5 Å². The summed E-state index contributed by atoms with van der Waals surface area (Å²) in [6.07, 6.45) is 1.53. The van der Waals surface area contributed by atoms with Gasteiger partial charge in [-0.15, -0.1) is 0 Å². The maximum absolute atomic E-state index is 11.2. The Bertz CT molecular complexity index is 492. The van der Waals surface area contributed by atoms with Crippen LogP contribution in [0.2, 0.25) is 0 Å². The van der Waals surface area contributed by atoms with Crippen molar-refractivity contribution in [2.75, 3.05) is 21.1 Å². The van der Waals surface area contributed by atoms with Crippen LogP contribution in [0, 0.1) is 4.77 Å². The van der Waals surface area contributed by atoms with Crippen molar-refractivity contribution in [3.05, 3.63) is 16.7 Å². The van der Waals surface area contributed by atoms with Gasteiger partial charge in [-0.1, -0.05) is 0 Å². The van der Waals surface area contributed by atoms with E-state index >= 15 is 0 Å². The first-order chi connectivity index (χ1) is 8.05. The highest BCUT2D eigenvalue weighted by Crippen LogP contribution is 2.08. The molecule has 0 unspecified atom stereocenters. The number of imidazole rings is 1. The van der Waals surface area contributed by atoms with Crippen molar-refractivity contribution >= 4 is 18.2 Å². The first-order valence-corrected chi connectivity index (χ1v) is 4.77. The highest BCUT2D eigenvalue weighted by Gasteiger charge is 2.25. The Morgan fingerprint density at radius 3 is 2.87 bits per heavy atom. The normalized spacial score (nSPS) is 17.6. The molecule has 1 atom stereocenters. The minimum atomic E-state index is -2.45. The van der Waals surface area contributed by atoms with Crippen LogP contribution in [0.5, 0.6) is 0 Å². The number of nitrogens with one attached hydrogen (secondary N) is 2. The zero-order chi connectivity index (χ0) is 14.1. The molecule has 1 aromatic rings. The molecule has 6 heteroatoms. The molecule has 2 N–H and O–H groups in total. The number of carboxylic acids is 1. The average molecular weight is 232 g/mol. The van der Waals surface area contributed by atoms with Gasteiger partial charge in [0.05, 0.1) is 31.2 Å². The summed E-state index contributed by atoms with van der Waals surface area (Å²) in [6.45, 7) is -2.45. The smallest absolute Gasteiger partial charge is 0.174 e. The molecule has 0 amide bonds. The van der Waals surface area contributed by atoms with Gasteiger partial charge < -0.3 is 24.4 Å². The van der Waals surface area contributed by atoms with Crippen LogP contribution in [0.1, 0.15) is 9.81 Å². The number of nitrogens with zero attached hydrogens (tertiary/aromatic N) is 1. The van der Waals surface area contributed by atoms with Crippen molar-refractivity contribution in [3.63, 3.8) is 0 Å². The van der Waals surface area contributed by atoms with E-state index in [9.17, 15) is 9.90 Å². The van der Waals surface area contributed by atoms with Gasteiger partial charge in [0.2, 0.25) is 0 Å². The molecule has 0 aromatic carbocycles. The van der Waals surface area contributed by atoms with Gasteiger partial charge in [-0.25, -0.2) is 0 Å². The Labute approximate surface area is 97.5 Å². The molecule has 0 aliphatic heterocycles. The molecule has 0 bridgehead atoms. The molecule has 5 nitrogen and oxygen atoms in total. The van der Waals surface area contributed by atoms with E-state index in [0.717, 1.165) is 0 Å². The number of carboxylic acid groups (broad SMARTS) is 1. The van der Waals surface area contributed by atoms with E-state index in [4.69, 9.17) is 16.3 Å². The predicted octanol–water partition coefficient (Wildman–Crippen LogP) is -0.561. The summed E-state index contributed by atoms with van der Waals surface area (Å²) in [5.74, 6) is -1.41. The number of H-pyrrole nitrogens is 2. The highest BCUT2D eigenvalue weighted by molar-refractivity contribution is 7.71. The molecular formula is C9H15N3O2S. The van der Waals surface area contributed by atoms with Gasteiger partial charge in [0.15, 0.2) is 4.77 Å². The molecule has 1 heterocycles. The molecule has 0 saturated heterocycles. The summed E-state index contributed by atoms with van der Waals surface area (Å²) in [5.41, 5.74) is 0.532. The number of rotatable bonds is 4. The van der Waals surface area contributed by atoms with Gasteiger partial charge in [-0.2, -0.15) is 0 Å². The van der Waals surface area contributed by atoms with E-state index in [1.165, 1.54) is 20.3 Å². The quantitative estimate of drug-likeness (QED) is 0.540. The van der Waals surface area contributed by atoms with E-state index in [2.05, 4.69) is 9.97 Å². The number of likely N-dealkylation sites (N-methyl/N-ethyl adjacent to an activating group) is 1. The van der Waals surface area contributed by atoms with E-state index in [0.29, 0.717) is 10.5 Å². The molecule has 0 saturated carbocycles. The zero-order valence-electron chi connectivity index (χ0n) is 11.5. The molecule has 0 radical (unpaired) electrons. The van der Waals surface area contributed by atoms with Crippen LogP contribution in [-0.2, 0) is 11.2 Å². The summed E-state index contributed by atoms with van der Waals surface area (Å²) in [4.78, 5) is 16.6. The van der Waals surface area contributed by atoms with Crippen LogP contribution in [0.4, 0.5) is 0 Å². The second-order valence-corrected chi connectivity index (χ2v) is 4.26. The maximum atomic E-state index is 11.2. The van der Waals surface area contributed by atoms with Crippen LogP contribution in [-0.4, -0.2) is 47.5 Å². The number of carbonyl (C=O) groups is 1. The zero-order valence-corrected chi connectivity index (χ0v) is 9.35. The number of hydrogen-bond acceptors (Lipinski definition) is 3. The van der Waals surface area contributed by atoms with Crippen LogP contribution in [0.15, 0.2) is 6.20 Å². The fourth-order valence-electron chi connectivity index (χ4n) is 1.26. The topological polar surface area (TPSA) is 71.7 Å². The number of aromatic nitrogens is 2. The number of hydrogen-bond donors (Lipinski definition) is 2. The van der Waals surface area contributed by atoms with Gasteiger partial charge in [0, 0.05) is 18.3 Å². The van der Waals surface area contributed by atoms with Crippen LogP contribution in [0.25, 0.3) is 0 Å². The Morgan fingerprint density at radius 2 is 2.47 bits per heavy atom. The first-order valence-electron chi connectivity index (χ1n) is 5.87. The number of carbonyl (C=O) groups excluding carboxylic acids is 1. The molecule has 0 spiro atoms. The minimum absolute atomic E-state index is 0.000856.